The van der Waals surface area contributed by atoms with Crippen LogP contribution in [-0.4, -0.2) is 0 Å². The highest BCUT2D eigenvalue weighted by molar-refractivity contribution is 6.09. The average Bonchev–Trinajstić information content (AvgIpc) is 2.67. The van der Waals surface area contributed by atoms with Crippen LogP contribution in [0.2, 0.25) is 0 Å². The average molecular weight is 305 g/mol. The van der Waals surface area contributed by atoms with Gasteiger partial charge in [0.2, 0.25) is 0 Å². The van der Waals surface area contributed by atoms with Crippen LogP contribution in [0.4, 0.5) is 0 Å². The monoisotopic (exact) mass is 305 g/mol. The van der Waals surface area contributed by atoms with Crippen LogP contribution in [-0.2, 0) is 0 Å². The molecule has 0 saturated heterocycles. The maximum absolute atomic E-state index is 8.19. The van der Waals surface area contributed by atoms with Gasteiger partial charge < -0.3 is 0 Å². The number of fused-ring (bicyclic) bond motifs is 3. The topological polar surface area (TPSA) is 0 Å². The van der Waals surface area contributed by atoms with Crippen LogP contribution in [0, 0.1) is 0 Å². The van der Waals surface area contributed by atoms with E-state index in [1.165, 1.54) is 32.7 Å². The van der Waals surface area contributed by atoms with Gasteiger partial charge in [-0.15, -0.1) is 0 Å². The van der Waals surface area contributed by atoms with E-state index in [0.29, 0.717) is 6.04 Å². The van der Waals surface area contributed by atoms with Gasteiger partial charge in [0.1, 0.15) is 0 Å². The normalized spacial score (nSPS) is 11.9. The molecule has 0 aliphatic heterocycles. The summed E-state index contributed by atoms with van der Waals surface area (Å²) in [7, 11) is 0. The van der Waals surface area contributed by atoms with Gasteiger partial charge in [-0.1, -0.05) is 84.9 Å². The van der Waals surface area contributed by atoms with Crippen molar-refractivity contribution in [3.8, 4) is 11.1 Å². The Kier molecular flexibility index (Phi) is 2.67. The first kappa shape index (κ1) is 12.3. The standard InChI is InChI=1S/C24H16/c1-2-9-19-16-24-20(15-18(19)8-1)11-6-14-23(24)22-13-5-10-17-7-3-4-12-21(17)22/h1-16H/i10D. The molecule has 24 heavy (non-hydrogen) atoms. The van der Waals surface area contributed by atoms with Crippen molar-refractivity contribution in [2.75, 3.05) is 0 Å². The zero-order chi connectivity index (χ0) is 16.8. The van der Waals surface area contributed by atoms with Crippen molar-refractivity contribution >= 4 is 32.3 Å². The molecule has 0 amide bonds. The fraction of sp³-hybridized carbons (Fsp3) is 0. The fourth-order valence-electron chi connectivity index (χ4n) is 3.58. The third kappa shape index (κ3) is 2.00. The Morgan fingerprint density at radius 2 is 1.08 bits per heavy atom. The summed E-state index contributed by atoms with van der Waals surface area (Å²) >= 11 is 0. The summed E-state index contributed by atoms with van der Waals surface area (Å²) in [5, 5.41) is 7.15. The van der Waals surface area contributed by atoms with Crippen molar-refractivity contribution < 1.29 is 1.37 Å². The van der Waals surface area contributed by atoms with Crippen LogP contribution < -0.4 is 0 Å². The van der Waals surface area contributed by atoms with Gasteiger partial charge in [-0.25, -0.2) is 0 Å². The zero-order valence-corrected chi connectivity index (χ0v) is 13.2. The Balaban J connectivity index is 1.90. The minimum absolute atomic E-state index is 0.574. The van der Waals surface area contributed by atoms with E-state index in [-0.39, 0.29) is 0 Å². The largest absolute Gasteiger partial charge is 0.0629 e. The van der Waals surface area contributed by atoms with Crippen LogP contribution in [0.3, 0.4) is 0 Å². The van der Waals surface area contributed by atoms with Crippen LogP contribution in [0.25, 0.3) is 43.4 Å². The molecule has 0 saturated carbocycles. The zero-order valence-electron chi connectivity index (χ0n) is 14.2. The lowest BCUT2D eigenvalue weighted by Gasteiger charge is -2.11. The second kappa shape index (κ2) is 5.21. The Labute approximate surface area is 142 Å². The van der Waals surface area contributed by atoms with Crippen molar-refractivity contribution in [2.24, 2.45) is 0 Å². The van der Waals surface area contributed by atoms with Crippen molar-refractivity contribution in [3.05, 3.63) is 97.0 Å². The lowest BCUT2D eigenvalue weighted by molar-refractivity contribution is 1.69. The second-order valence-corrected chi connectivity index (χ2v) is 6.16. The Morgan fingerprint density at radius 3 is 1.96 bits per heavy atom. The van der Waals surface area contributed by atoms with E-state index in [2.05, 4.69) is 66.7 Å². The Bertz CT molecular complexity index is 1250. The van der Waals surface area contributed by atoms with E-state index >= 15 is 0 Å². The molecule has 0 atom stereocenters. The summed E-state index contributed by atoms with van der Waals surface area (Å²) in [4.78, 5) is 0. The quantitative estimate of drug-likeness (QED) is 0.298. The smallest absolute Gasteiger partial charge is 0.0616 e. The van der Waals surface area contributed by atoms with Crippen LogP contribution in [0.5, 0.6) is 0 Å². The maximum Gasteiger partial charge on any atom is 0.0629 e. The Morgan fingerprint density at radius 1 is 0.458 bits per heavy atom. The van der Waals surface area contributed by atoms with Gasteiger partial charge in [-0.05, 0) is 55.6 Å². The number of hydrogen-bond acceptors (Lipinski definition) is 0. The molecule has 0 unspecified atom stereocenters. The van der Waals surface area contributed by atoms with Crippen molar-refractivity contribution in [1.82, 2.24) is 0 Å². The van der Waals surface area contributed by atoms with Gasteiger partial charge >= 0.3 is 0 Å². The third-order valence-corrected chi connectivity index (χ3v) is 4.74. The molecule has 0 heterocycles. The molecule has 0 fully saturated rings. The second-order valence-electron chi connectivity index (χ2n) is 6.16. The first-order valence-corrected chi connectivity index (χ1v) is 8.21. The maximum atomic E-state index is 8.19. The molecule has 0 heteroatoms. The summed E-state index contributed by atoms with van der Waals surface area (Å²) in [6.07, 6.45) is 0. The van der Waals surface area contributed by atoms with Gasteiger partial charge in [-0.2, -0.15) is 0 Å². The van der Waals surface area contributed by atoms with E-state index in [9.17, 15) is 0 Å². The molecular weight excluding hydrogens is 288 g/mol. The van der Waals surface area contributed by atoms with E-state index in [4.69, 9.17) is 1.37 Å². The summed E-state index contributed by atoms with van der Waals surface area (Å²) in [6, 6.07) is 32.2. The highest BCUT2D eigenvalue weighted by Crippen LogP contribution is 2.35. The molecule has 0 spiro atoms. The van der Waals surface area contributed by atoms with Gasteiger partial charge in [0.25, 0.3) is 0 Å². The summed E-state index contributed by atoms with van der Waals surface area (Å²) in [5.74, 6) is 0. The van der Waals surface area contributed by atoms with Gasteiger partial charge in [0, 0.05) is 0 Å². The van der Waals surface area contributed by atoms with Gasteiger partial charge in [0.15, 0.2) is 0 Å². The first-order chi connectivity index (χ1) is 12.3. The van der Waals surface area contributed by atoms with E-state index in [1.807, 2.05) is 24.3 Å². The number of benzene rings is 5. The molecule has 5 rings (SSSR count). The Hall–Kier alpha value is -3.12. The fourth-order valence-corrected chi connectivity index (χ4v) is 3.58. The summed E-state index contributed by atoms with van der Waals surface area (Å²) < 4.78 is 8.19. The molecule has 0 nitrogen and oxygen atoms in total. The molecule has 0 aromatic heterocycles. The SMILES string of the molecule is [2H]c1ccc(-c2cccc3cc4ccccc4cc23)c2ccccc12. The molecule has 0 aliphatic carbocycles. The molecule has 0 N–H and O–H groups in total. The van der Waals surface area contributed by atoms with Gasteiger partial charge in [0.05, 0.1) is 1.37 Å². The molecule has 5 aromatic rings. The van der Waals surface area contributed by atoms with Crippen molar-refractivity contribution in [3.63, 3.8) is 0 Å². The van der Waals surface area contributed by atoms with Crippen LogP contribution >= 0.6 is 0 Å². The highest BCUT2D eigenvalue weighted by atomic mass is 14.1. The minimum Gasteiger partial charge on any atom is -0.0616 e. The van der Waals surface area contributed by atoms with Crippen molar-refractivity contribution in [1.29, 1.82) is 0 Å². The molecular formula is C24H16. The molecule has 112 valence electrons. The number of rotatable bonds is 1. The van der Waals surface area contributed by atoms with E-state index in [0.717, 1.165) is 10.8 Å². The van der Waals surface area contributed by atoms with Crippen molar-refractivity contribution in [2.45, 2.75) is 0 Å². The predicted molar refractivity (Wildman–Crippen MR) is 104 cm³/mol. The van der Waals surface area contributed by atoms with Crippen LogP contribution in [0.15, 0.2) is 97.0 Å². The van der Waals surface area contributed by atoms with E-state index < -0.39 is 0 Å². The highest BCUT2D eigenvalue weighted by Gasteiger charge is 2.08. The first-order valence-electron chi connectivity index (χ1n) is 8.71. The predicted octanol–water partition coefficient (Wildman–Crippen LogP) is 6.81. The molecule has 0 radical (unpaired) electrons. The molecule has 5 aromatic carbocycles. The minimum atomic E-state index is 0.574. The van der Waals surface area contributed by atoms with Crippen LogP contribution in [0.1, 0.15) is 1.37 Å². The molecule has 0 aliphatic rings. The lowest BCUT2D eigenvalue weighted by atomic mass is 9.92. The lowest BCUT2D eigenvalue weighted by Crippen LogP contribution is -1.84. The number of hydrogen-bond donors (Lipinski definition) is 0. The molecule has 0 bridgehead atoms. The van der Waals surface area contributed by atoms with E-state index in [1.54, 1.807) is 0 Å². The summed E-state index contributed by atoms with van der Waals surface area (Å²) in [5.41, 5.74) is 2.41. The summed E-state index contributed by atoms with van der Waals surface area (Å²) in [6.45, 7) is 0. The van der Waals surface area contributed by atoms with Gasteiger partial charge in [-0.3, -0.25) is 0 Å². The third-order valence-electron chi connectivity index (χ3n) is 4.74.